The van der Waals surface area contributed by atoms with Crippen molar-refractivity contribution in [3.63, 3.8) is 0 Å². The number of aliphatic carboxylic acids is 1. The molecule has 2 unspecified atom stereocenters. The van der Waals surface area contributed by atoms with Gasteiger partial charge in [0, 0.05) is 18.6 Å². The highest BCUT2D eigenvalue weighted by molar-refractivity contribution is 5.80. The second-order valence-electron chi connectivity index (χ2n) is 5.40. The second-order valence-corrected chi connectivity index (χ2v) is 5.40. The summed E-state index contributed by atoms with van der Waals surface area (Å²) in [6.45, 7) is 1.75. The Kier molecular flexibility index (Phi) is 4.85. The van der Waals surface area contributed by atoms with E-state index in [9.17, 15) is 9.59 Å². The van der Waals surface area contributed by atoms with Gasteiger partial charge in [0.05, 0.1) is 6.54 Å². The Morgan fingerprint density at radius 2 is 2.15 bits per heavy atom. The highest BCUT2D eigenvalue weighted by Gasteiger charge is 2.36. The normalized spacial score (nSPS) is 25.6. The van der Waals surface area contributed by atoms with Gasteiger partial charge in [-0.05, 0) is 25.8 Å². The summed E-state index contributed by atoms with van der Waals surface area (Å²) >= 11 is 0. The van der Waals surface area contributed by atoms with Crippen molar-refractivity contribution in [2.24, 2.45) is 0 Å². The van der Waals surface area contributed by atoms with E-state index in [0.29, 0.717) is 6.04 Å². The van der Waals surface area contributed by atoms with Crippen LogP contribution in [-0.2, 0) is 4.79 Å². The zero-order valence-corrected chi connectivity index (χ0v) is 11.5. The van der Waals surface area contributed by atoms with Crippen molar-refractivity contribution < 1.29 is 14.7 Å². The smallest absolute Gasteiger partial charge is 0.323 e. The van der Waals surface area contributed by atoms with Crippen LogP contribution in [0.5, 0.6) is 0 Å². The maximum atomic E-state index is 12.1. The summed E-state index contributed by atoms with van der Waals surface area (Å²) < 4.78 is 0. The Balaban J connectivity index is 1.92. The standard InChI is InChI=1S/C14H21N3O3/c1-2-7-17(10-13(18)19)14(20)15-11-6-9-16-8-4-3-5-12(11)16/h1,11-12H,3-10H2,(H,15,20)(H,18,19). The van der Waals surface area contributed by atoms with Crippen molar-refractivity contribution in [2.45, 2.75) is 37.8 Å². The molecule has 2 amide bonds. The molecule has 0 aromatic rings. The Hall–Kier alpha value is -1.74. The van der Waals surface area contributed by atoms with Gasteiger partial charge >= 0.3 is 12.0 Å². The van der Waals surface area contributed by atoms with Crippen LogP contribution in [0.3, 0.4) is 0 Å². The van der Waals surface area contributed by atoms with E-state index < -0.39 is 5.97 Å². The highest BCUT2D eigenvalue weighted by atomic mass is 16.4. The summed E-state index contributed by atoms with van der Waals surface area (Å²) in [6, 6.07) is 0.129. The number of terminal acetylenes is 1. The summed E-state index contributed by atoms with van der Waals surface area (Å²) in [5.41, 5.74) is 0. The van der Waals surface area contributed by atoms with Gasteiger partial charge in [-0.2, -0.15) is 0 Å². The third-order valence-corrected chi connectivity index (χ3v) is 4.06. The van der Waals surface area contributed by atoms with E-state index in [1.54, 1.807) is 0 Å². The maximum absolute atomic E-state index is 12.1. The van der Waals surface area contributed by atoms with Crippen molar-refractivity contribution in [3.8, 4) is 12.3 Å². The van der Waals surface area contributed by atoms with E-state index in [4.69, 9.17) is 11.5 Å². The number of rotatable bonds is 4. The van der Waals surface area contributed by atoms with Gasteiger partial charge in [-0.1, -0.05) is 12.3 Å². The minimum atomic E-state index is -1.05. The first-order chi connectivity index (χ1) is 9.61. The number of carbonyl (C=O) groups excluding carboxylic acids is 1. The van der Waals surface area contributed by atoms with Crippen LogP contribution >= 0.6 is 0 Å². The summed E-state index contributed by atoms with van der Waals surface area (Å²) in [6.07, 6.45) is 9.62. The largest absolute Gasteiger partial charge is 0.480 e. The third-order valence-electron chi connectivity index (χ3n) is 4.06. The molecule has 20 heavy (non-hydrogen) atoms. The van der Waals surface area contributed by atoms with Crippen LogP contribution < -0.4 is 5.32 Å². The molecule has 2 heterocycles. The molecule has 0 radical (unpaired) electrons. The summed E-state index contributed by atoms with van der Waals surface area (Å²) in [5.74, 6) is 1.27. The Bertz CT molecular complexity index is 418. The number of fused-ring (bicyclic) bond motifs is 1. The summed E-state index contributed by atoms with van der Waals surface area (Å²) in [4.78, 5) is 26.5. The second kappa shape index (κ2) is 6.62. The van der Waals surface area contributed by atoms with E-state index >= 15 is 0 Å². The number of carboxylic acid groups (broad SMARTS) is 1. The lowest BCUT2D eigenvalue weighted by Crippen LogP contribution is -2.51. The first-order valence-electron chi connectivity index (χ1n) is 7.06. The number of nitrogens with one attached hydrogen (secondary N) is 1. The predicted octanol–water partition coefficient (Wildman–Crippen LogP) is 0.343. The lowest BCUT2D eigenvalue weighted by Gasteiger charge is -2.33. The summed E-state index contributed by atoms with van der Waals surface area (Å²) in [5, 5.41) is 11.8. The molecule has 6 nitrogen and oxygen atoms in total. The van der Waals surface area contributed by atoms with Gasteiger partial charge in [-0.15, -0.1) is 6.42 Å². The number of urea groups is 1. The maximum Gasteiger partial charge on any atom is 0.323 e. The Morgan fingerprint density at radius 1 is 1.35 bits per heavy atom. The topological polar surface area (TPSA) is 72.9 Å². The van der Waals surface area contributed by atoms with Crippen molar-refractivity contribution in [2.75, 3.05) is 26.2 Å². The lowest BCUT2D eigenvalue weighted by molar-refractivity contribution is -0.137. The SMILES string of the molecule is C#CCN(CC(=O)O)C(=O)NC1CCN2CCCCC12. The number of piperidine rings is 1. The molecule has 2 fully saturated rings. The van der Waals surface area contributed by atoms with Crippen LogP contribution in [0.25, 0.3) is 0 Å². The van der Waals surface area contributed by atoms with E-state index in [1.165, 1.54) is 12.8 Å². The molecule has 110 valence electrons. The van der Waals surface area contributed by atoms with Gasteiger partial charge in [-0.3, -0.25) is 9.69 Å². The molecule has 0 bridgehead atoms. The van der Waals surface area contributed by atoms with Crippen LogP contribution in [0.2, 0.25) is 0 Å². The number of hydrogen-bond donors (Lipinski definition) is 2. The minimum Gasteiger partial charge on any atom is -0.480 e. The Labute approximate surface area is 119 Å². The quantitative estimate of drug-likeness (QED) is 0.728. The molecular weight excluding hydrogens is 258 g/mol. The fourth-order valence-corrected chi connectivity index (χ4v) is 3.14. The van der Waals surface area contributed by atoms with Gasteiger partial charge in [-0.25, -0.2) is 4.79 Å². The molecule has 2 saturated heterocycles. The average molecular weight is 279 g/mol. The molecule has 0 aromatic carbocycles. The molecule has 0 saturated carbocycles. The van der Waals surface area contributed by atoms with Crippen molar-refractivity contribution in [1.82, 2.24) is 15.1 Å². The molecule has 2 aliphatic heterocycles. The molecule has 2 N–H and O–H groups in total. The first-order valence-corrected chi connectivity index (χ1v) is 7.06. The molecule has 2 rings (SSSR count). The van der Waals surface area contributed by atoms with Gasteiger partial charge < -0.3 is 15.3 Å². The predicted molar refractivity (Wildman–Crippen MR) is 74.2 cm³/mol. The number of nitrogens with zero attached hydrogens (tertiary/aromatic N) is 2. The van der Waals surface area contributed by atoms with Gasteiger partial charge in [0.2, 0.25) is 0 Å². The number of amides is 2. The molecule has 0 aromatic heterocycles. The van der Waals surface area contributed by atoms with Crippen LogP contribution in [0, 0.1) is 12.3 Å². The summed E-state index contributed by atoms with van der Waals surface area (Å²) in [7, 11) is 0. The van der Waals surface area contributed by atoms with E-state index in [2.05, 4.69) is 16.1 Å². The van der Waals surface area contributed by atoms with Gasteiger partial charge in [0.15, 0.2) is 0 Å². The number of hydrogen-bond acceptors (Lipinski definition) is 3. The fraction of sp³-hybridized carbons (Fsp3) is 0.714. The lowest BCUT2D eigenvalue weighted by atomic mass is 9.99. The third kappa shape index (κ3) is 3.42. The molecule has 2 atom stereocenters. The van der Waals surface area contributed by atoms with Gasteiger partial charge in [0.1, 0.15) is 6.54 Å². The molecule has 0 spiro atoms. The molecule has 6 heteroatoms. The van der Waals surface area contributed by atoms with Crippen LogP contribution in [0.15, 0.2) is 0 Å². The molecular formula is C14H21N3O3. The van der Waals surface area contributed by atoms with Crippen LogP contribution in [0.1, 0.15) is 25.7 Å². The first kappa shape index (κ1) is 14.7. The van der Waals surface area contributed by atoms with Crippen molar-refractivity contribution in [1.29, 1.82) is 0 Å². The monoisotopic (exact) mass is 279 g/mol. The highest BCUT2D eigenvalue weighted by Crippen LogP contribution is 2.27. The molecule has 0 aliphatic carbocycles. The zero-order chi connectivity index (χ0) is 14.5. The number of carbonyl (C=O) groups is 2. The minimum absolute atomic E-state index is 0.0131. The fourth-order valence-electron chi connectivity index (χ4n) is 3.14. The van der Waals surface area contributed by atoms with Crippen LogP contribution in [0.4, 0.5) is 4.79 Å². The Morgan fingerprint density at radius 3 is 2.85 bits per heavy atom. The van der Waals surface area contributed by atoms with Crippen molar-refractivity contribution >= 4 is 12.0 Å². The average Bonchev–Trinajstić information content (AvgIpc) is 2.81. The molecule has 2 aliphatic rings. The zero-order valence-electron chi connectivity index (χ0n) is 11.5. The van der Waals surface area contributed by atoms with E-state index in [-0.39, 0.29) is 25.2 Å². The number of carboxylic acids is 1. The van der Waals surface area contributed by atoms with E-state index in [0.717, 1.165) is 30.8 Å². The van der Waals surface area contributed by atoms with Crippen LogP contribution in [-0.4, -0.2) is 65.2 Å². The van der Waals surface area contributed by atoms with E-state index in [1.807, 2.05) is 0 Å². The van der Waals surface area contributed by atoms with Gasteiger partial charge in [0.25, 0.3) is 0 Å². The van der Waals surface area contributed by atoms with Crippen molar-refractivity contribution in [3.05, 3.63) is 0 Å².